The number of carbonyl (C=O) groups excluding carboxylic acids is 2. The fourth-order valence-corrected chi connectivity index (χ4v) is 3.91. The minimum absolute atomic E-state index is 0.104. The maximum atomic E-state index is 12.5. The van der Waals surface area contributed by atoms with Gasteiger partial charge in [0.2, 0.25) is 5.91 Å². The van der Waals surface area contributed by atoms with Gasteiger partial charge in [-0.1, -0.05) is 24.3 Å². The Hall–Kier alpha value is -2.60. The van der Waals surface area contributed by atoms with Gasteiger partial charge in [0.15, 0.2) is 5.76 Å². The minimum atomic E-state index is -0.290. The number of carbonyl (C=O) groups is 2. The molecule has 1 unspecified atom stereocenters. The molecule has 0 saturated carbocycles. The molecule has 1 fully saturated rings. The molecular weight excluding hydrogens is 332 g/mol. The zero-order chi connectivity index (χ0) is 18.1. The maximum Gasteiger partial charge on any atom is 0.287 e. The molecular formula is C20H22N2O4. The monoisotopic (exact) mass is 354 g/mol. The van der Waals surface area contributed by atoms with E-state index < -0.39 is 0 Å². The Morgan fingerprint density at radius 3 is 2.62 bits per heavy atom. The standard InChI is InChI=1S/C20H22N2O4/c1-25-12-17-6-7-18(26-17)20(24)21-15-10-19(23)22(11-15)16-8-13-4-2-3-5-14(13)9-16/h2-7,15-16H,8-12H2,1H3,(H,21,24). The van der Waals surface area contributed by atoms with E-state index in [-0.39, 0.29) is 29.7 Å². The number of fused-ring (bicyclic) bond motifs is 1. The molecule has 136 valence electrons. The molecule has 26 heavy (non-hydrogen) atoms. The molecule has 2 amide bonds. The number of hydrogen-bond acceptors (Lipinski definition) is 4. The highest BCUT2D eigenvalue weighted by Gasteiger charge is 2.37. The van der Waals surface area contributed by atoms with Crippen molar-refractivity contribution in [1.29, 1.82) is 0 Å². The quantitative estimate of drug-likeness (QED) is 0.891. The summed E-state index contributed by atoms with van der Waals surface area (Å²) in [7, 11) is 1.57. The lowest BCUT2D eigenvalue weighted by atomic mass is 10.1. The average molecular weight is 354 g/mol. The van der Waals surface area contributed by atoms with Crippen molar-refractivity contribution in [1.82, 2.24) is 10.2 Å². The third kappa shape index (κ3) is 3.24. The van der Waals surface area contributed by atoms with E-state index in [9.17, 15) is 9.59 Å². The van der Waals surface area contributed by atoms with Crippen LogP contribution in [-0.2, 0) is 29.0 Å². The third-order valence-corrected chi connectivity index (χ3v) is 5.14. The smallest absolute Gasteiger partial charge is 0.287 e. The van der Waals surface area contributed by atoms with Crippen LogP contribution in [0.4, 0.5) is 0 Å². The Morgan fingerprint density at radius 1 is 1.19 bits per heavy atom. The van der Waals surface area contributed by atoms with Crippen molar-refractivity contribution in [3.63, 3.8) is 0 Å². The van der Waals surface area contributed by atoms with Crippen molar-refractivity contribution < 1.29 is 18.7 Å². The molecule has 0 radical (unpaired) electrons. The lowest BCUT2D eigenvalue weighted by Gasteiger charge is -2.24. The van der Waals surface area contributed by atoms with E-state index in [4.69, 9.17) is 9.15 Å². The Bertz CT molecular complexity index is 804. The number of likely N-dealkylation sites (tertiary alicyclic amines) is 1. The summed E-state index contributed by atoms with van der Waals surface area (Å²) in [4.78, 5) is 26.7. The molecule has 2 aliphatic rings. The van der Waals surface area contributed by atoms with Crippen molar-refractivity contribution >= 4 is 11.8 Å². The van der Waals surface area contributed by atoms with Crippen molar-refractivity contribution in [3.05, 3.63) is 59.0 Å². The van der Waals surface area contributed by atoms with Crippen LogP contribution >= 0.6 is 0 Å². The molecule has 1 aromatic carbocycles. The van der Waals surface area contributed by atoms with Crippen molar-refractivity contribution in [2.24, 2.45) is 0 Å². The molecule has 1 aliphatic carbocycles. The summed E-state index contributed by atoms with van der Waals surface area (Å²) in [5, 5.41) is 2.92. The molecule has 6 nitrogen and oxygen atoms in total. The molecule has 0 bridgehead atoms. The number of nitrogens with zero attached hydrogens (tertiary/aromatic N) is 1. The summed E-state index contributed by atoms with van der Waals surface area (Å²) in [6, 6.07) is 11.7. The first-order valence-electron chi connectivity index (χ1n) is 8.89. The maximum absolute atomic E-state index is 12.5. The van der Waals surface area contributed by atoms with Gasteiger partial charge in [0.05, 0.1) is 6.04 Å². The molecule has 2 heterocycles. The van der Waals surface area contributed by atoms with E-state index in [1.807, 2.05) is 17.0 Å². The molecule has 4 rings (SSSR count). The first-order chi connectivity index (χ1) is 12.6. The number of benzene rings is 1. The highest BCUT2D eigenvalue weighted by molar-refractivity contribution is 5.92. The van der Waals surface area contributed by atoms with Gasteiger partial charge < -0.3 is 19.4 Å². The summed E-state index contributed by atoms with van der Waals surface area (Å²) in [5.41, 5.74) is 2.64. The Kier molecular flexibility index (Phi) is 4.51. The van der Waals surface area contributed by atoms with Crippen LogP contribution in [0.3, 0.4) is 0 Å². The predicted octanol–water partition coefficient (Wildman–Crippen LogP) is 1.92. The lowest BCUT2D eigenvalue weighted by molar-refractivity contribution is -0.129. The normalized spacial score (nSPS) is 19.8. The average Bonchev–Trinajstić information content (AvgIpc) is 3.33. The zero-order valence-electron chi connectivity index (χ0n) is 14.7. The van der Waals surface area contributed by atoms with Crippen LogP contribution in [-0.4, -0.2) is 42.5 Å². The van der Waals surface area contributed by atoms with Gasteiger partial charge in [0.25, 0.3) is 5.91 Å². The fourth-order valence-electron chi connectivity index (χ4n) is 3.91. The topological polar surface area (TPSA) is 71.8 Å². The summed E-state index contributed by atoms with van der Waals surface area (Å²) in [5.74, 6) is 0.663. The lowest BCUT2D eigenvalue weighted by Crippen LogP contribution is -2.41. The van der Waals surface area contributed by atoms with Gasteiger partial charge >= 0.3 is 0 Å². The second-order valence-electron chi connectivity index (χ2n) is 6.95. The molecule has 0 spiro atoms. The molecule has 1 aromatic heterocycles. The van der Waals surface area contributed by atoms with Gasteiger partial charge in [-0.2, -0.15) is 0 Å². The second kappa shape index (κ2) is 6.96. The van der Waals surface area contributed by atoms with Crippen LogP contribution in [0, 0.1) is 0 Å². The first kappa shape index (κ1) is 16.8. The Morgan fingerprint density at radius 2 is 1.92 bits per heavy atom. The number of ether oxygens (including phenoxy) is 1. The van der Waals surface area contributed by atoms with E-state index in [0.717, 1.165) is 12.8 Å². The van der Waals surface area contributed by atoms with E-state index in [1.165, 1.54) is 11.1 Å². The SMILES string of the molecule is COCc1ccc(C(=O)NC2CC(=O)N(C3Cc4ccccc4C3)C2)o1. The molecule has 2 aromatic rings. The number of furan rings is 1. The zero-order valence-corrected chi connectivity index (χ0v) is 14.7. The highest BCUT2D eigenvalue weighted by Crippen LogP contribution is 2.28. The Balaban J connectivity index is 1.37. The number of hydrogen-bond donors (Lipinski definition) is 1. The number of amides is 2. The van der Waals surface area contributed by atoms with Crippen LogP contribution in [0.1, 0.15) is 33.9 Å². The number of methoxy groups -OCH3 is 1. The van der Waals surface area contributed by atoms with Crippen LogP contribution in [0.25, 0.3) is 0 Å². The van der Waals surface area contributed by atoms with Crippen molar-refractivity contribution in [3.8, 4) is 0 Å². The molecule has 1 aliphatic heterocycles. The predicted molar refractivity (Wildman–Crippen MR) is 94.6 cm³/mol. The van der Waals surface area contributed by atoms with Crippen molar-refractivity contribution in [2.45, 2.75) is 38.0 Å². The minimum Gasteiger partial charge on any atom is -0.453 e. The summed E-state index contributed by atoms with van der Waals surface area (Å²) in [6.07, 6.45) is 2.12. The molecule has 1 atom stereocenters. The van der Waals surface area contributed by atoms with Crippen LogP contribution in [0.15, 0.2) is 40.8 Å². The van der Waals surface area contributed by atoms with Gasteiger partial charge in [-0.25, -0.2) is 0 Å². The van der Waals surface area contributed by atoms with Crippen LogP contribution in [0.5, 0.6) is 0 Å². The highest BCUT2D eigenvalue weighted by atomic mass is 16.5. The number of rotatable bonds is 5. The van der Waals surface area contributed by atoms with Gasteiger partial charge in [0.1, 0.15) is 12.4 Å². The largest absolute Gasteiger partial charge is 0.453 e. The van der Waals surface area contributed by atoms with Crippen molar-refractivity contribution in [2.75, 3.05) is 13.7 Å². The van der Waals surface area contributed by atoms with Gasteiger partial charge in [-0.3, -0.25) is 9.59 Å². The van der Waals surface area contributed by atoms with Crippen LogP contribution in [0.2, 0.25) is 0 Å². The third-order valence-electron chi connectivity index (χ3n) is 5.14. The molecule has 1 N–H and O–H groups in total. The fraction of sp³-hybridized carbons (Fsp3) is 0.400. The van der Waals surface area contributed by atoms with Gasteiger partial charge in [-0.05, 0) is 36.1 Å². The van der Waals surface area contributed by atoms with Crippen LogP contribution < -0.4 is 5.32 Å². The summed E-state index contributed by atoms with van der Waals surface area (Å²) >= 11 is 0. The van der Waals surface area contributed by atoms with E-state index in [2.05, 4.69) is 17.4 Å². The van der Waals surface area contributed by atoms with Gasteiger partial charge in [-0.15, -0.1) is 0 Å². The van der Waals surface area contributed by atoms with E-state index in [1.54, 1.807) is 19.2 Å². The Labute approximate surface area is 152 Å². The second-order valence-corrected chi connectivity index (χ2v) is 6.95. The number of nitrogens with one attached hydrogen (secondary N) is 1. The van der Waals surface area contributed by atoms with E-state index in [0.29, 0.717) is 25.3 Å². The molecule has 6 heteroatoms. The summed E-state index contributed by atoms with van der Waals surface area (Å²) in [6.45, 7) is 0.875. The molecule has 1 saturated heterocycles. The van der Waals surface area contributed by atoms with Gasteiger partial charge in [0, 0.05) is 26.1 Å². The first-order valence-corrected chi connectivity index (χ1v) is 8.89. The van der Waals surface area contributed by atoms with E-state index >= 15 is 0 Å². The summed E-state index contributed by atoms with van der Waals surface area (Å²) < 4.78 is 10.4.